The predicted octanol–water partition coefficient (Wildman–Crippen LogP) is 3.75. The Balaban J connectivity index is 2.34. The zero-order chi connectivity index (χ0) is 8.97. The molecule has 3 heteroatoms. The van der Waals surface area contributed by atoms with Crippen molar-refractivity contribution in [3.8, 4) is 0 Å². The molecule has 1 aliphatic rings. The number of rotatable bonds is 3. The summed E-state index contributed by atoms with van der Waals surface area (Å²) in [7, 11) is 0. The maximum Gasteiger partial charge on any atom is 0.0943 e. The molecule has 2 atom stereocenters. The van der Waals surface area contributed by atoms with E-state index in [1.807, 2.05) is 23.5 Å². The molecule has 0 aliphatic carbocycles. The third kappa shape index (κ3) is 3.40. The first-order valence-corrected chi connectivity index (χ1v) is 6.41. The average molecular weight is 203 g/mol. The molecule has 1 heterocycles. The van der Waals surface area contributed by atoms with Crippen LogP contribution < -0.4 is 0 Å². The largest absolute Gasteiger partial charge is 0.269 e. The molecule has 1 aliphatic heterocycles. The lowest BCUT2D eigenvalue weighted by Crippen LogP contribution is -2.12. The molecule has 0 aromatic rings. The quantitative estimate of drug-likeness (QED) is 0.692. The number of aliphatic imine (C=N–C) groups is 1. The van der Waals surface area contributed by atoms with E-state index in [4.69, 9.17) is 0 Å². The van der Waals surface area contributed by atoms with Crippen molar-refractivity contribution >= 4 is 28.6 Å². The number of hydrogen-bond acceptors (Lipinski definition) is 3. The van der Waals surface area contributed by atoms with Crippen LogP contribution in [0.4, 0.5) is 0 Å². The summed E-state index contributed by atoms with van der Waals surface area (Å²) in [5.41, 5.74) is 0. The Hall–Kier alpha value is 0.370. The van der Waals surface area contributed by atoms with Crippen LogP contribution in [0.15, 0.2) is 4.99 Å². The molecule has 0 aromatic heterocycles. The van der Waals surface area contributed by atoms with Crippen LogP contribution in [0.25, 0.3) is 0 Å². The number of thioether (sulfide) groups is 2. The van der Waals surface area contributed by atoms with E-state index < -0.39 is 0 Å². The third-order valence-electron chi connectivity index (χ3n) is 1.81. The molecule has 0 bridgehead atoms. The predicted molar refractivity (Wildman–Crippen MR) is 61.1 cm³/mol. The highest BCUT2D eigenvalue weighted by Crippen LogP contribution is 2.37. The Morgan fingerprint density at radius 2 is 2.25 bits per heavy atom. The standard InChI is InChI=1S/C9H17NS2/c1-4-5-6-9-11-7(2)10-8(3)12-9/h7,9H,4-6H2,1-3H3. The lowest BCUT2D eigenvalue weighted by atomic mass is 10.3. The van der Waals surface area contributed by atoms with Gasteiger partial charge in [-0.05, 0) is 20.3 Å². The molecule has 1 rings (SSSR count). The van der Waals surface area contributed by atoms with E-state index in [0.29, 0.717) is 5.37 Å². The Kier molecular flexibility index (Phi) is 4.51. The Labute approximate surface area is 83.8 Å². The van der Waals surface area contributed by atoms with Gasteiger partial charge in [-0.15, -0.1) is 11.8 Å². The van der Waals surface area contributed by atoms with Gasteiger partial charge in [0.25, 0.3) is 0 Å². The lowest BCUT2D eigenvalue weighted by molar-refractivity contribution is 0.761. The van der Waals surface area contributed by atoms with Gasteiger partial charge in [0.2, 0.25) is 0 Å². The van der Waals surface area contributed by atoms with Crippen LogP contribution in [0.2, 0.25) is 0 Å². The molecule has 0 amide bonds. The highest BCUT2D eigenvalue weighted by molar-refractivity contribution is 8.25. The molecule has 0 saturated carbocycles. The minimum atomic E-state index is 0.480. The molecule has 70 valence electrons. The van der Waals surface area contributed by atoms with Gasteiger partial charge in [0.1, 0.15) is 0 Å². The summed E-state index contributed by atoms with van der Waals surface area (Å²) in [5.74, 6) is 0. The van der Waals surface area contributed by atoms with E-state index in [-0.39, 0.29) is 0 Å². The number of unbranched alkanes of at least 4 members (excludes halogenated alkanes) is 1. The van der Waals surface area contributed by atoms with E-state index in [0.717, 1.165) is 4.58 Å². The van der Waals surface area contributed by atoms with Gasteiger partial charge >= 0.3 is 0 Å². The van der Waals surface area contributed by atoms with Gasteiger partial charge < -0.3 is 0 Å². The fourth-order valence-electron chi connectivity index (χ4n) is 1.25. The zero-order valence-corrected chi connectivity index (χ0v) is 9.67. The molecule has 0 fully saturated rings. The Bertz CT molecular complexity index is 168. The van der Waals surface area contributed by atoms with Crippen LogP contribution in [-0.4, -0.2) is 15.0 Å². The summed E-state index contributed by atoms with van der Waals surface area (Å²) in [6.45, 7) is 6.56. The summed E-state index contributed by atoms with van der Waals surface area (Å²) in [6, 6.07) is 0. The molecule has 2 unspecified atom stereocenters. The van der Waals surface area contributed by atoms with Crippen LogP contribution in [0.1, 0.15) is 40.0 Å². The first kappa shape index (κ1) is 10.5. The Morgan fingerprint density at radius 3 is 2.83 bits per heavy atom. The van der Waals surface area contributed by atoms with E-state index in [9.17, 15) is 0 Å². The maximum atomic E-state index is 4.48. The normalized spacial score (nSPS) is 30.1. The summed E-state index contributed by atoms with van der Waals surface area (Å²) in [6.07, 6.45) is 4.00. The highest BCUT2D eigenvalue weighted by Gasteiger charge is 2.19. The van der Waals surface area contributed by atoms with Gasteiger partial charge in [0, 0.05) is 0 Å². The zero-order valence-electron chi connectivity index (χ0n) is 8.04. The van der Waals surface area contributed by atoms with Crippen molar-refractivity contribution in [3.05, 3.63) is 0 Å². The molecule has 12 heavy (non-hydrogen) atoms. The molecule has 0 aromatic carbocycles. The van der Waals surface area contributed by atoms with Crippen molar-refractivity contribution in [3.63, 3.8) is 0 Å². The summed E-state index contributed by atoms with van der Waals surface area (Å²) in [4.78, 5) is 4.48. The second-order valence-corrected chi connectivity index (χ2v) is 6.29. The number of hydrogen-bond donors (Lipinski definition) is 0. The summed E-state index contributed by atoms with van der Waals surface area (Å²) >= 11 is 3.95. The van der Waals surface area contributed by atoms with Crippen molar-refractivity contribution in [1.29, 1.82) is 0 Å². The molecule has 0 spiro atoms. The van der Waals surface area contributed by atoms with Crippen LogP contribution in [0, 0.1) is 0 Å². The fourth-order valence-corrected chi connectivity index (χ4v) is 4.29. The van der Waals surface area contributed by atoms with E-state index >= 15 is 0 Å². The third-order valence-corrected chi connectivity index (χ3v) is 4.41. The highest BCUT2D eigenvalue weighted by atomic mass is 32.2. The number of nitrogens with zero attached hydrogens (tertiary/aromatic N) is 1. The second kappa shape index (κ2) is 5.18. The van der Waals surface area contributed by atoms with Crippen molar-refractivity contribution in [2.24, 2.45) is 4.99 Å². The molecule has 0 N–H and O–H groups in total. The minimum absolute atomic E-state index is 0.480. The fraction of sp³-hybridized carbons (Fsp3) is 0.889. The molecular formula is C9H17NS2. The van der Waals surface area contributed by atoms with Crippen LogP contribution in [0.3, 0.4) is 0 Å². The topological polar surface area (TPSA) is 12.4 Å². The van der Waals surface area contributed by atoms with Crippen molar-refractivity contribution in [2.75, 3.05) is 0 Å². The van der Waals surface area contributed by atoms with Gasteiger partial charge in [-0.3, -0.25) is 4.99 Å². The van der Waals surface area contributed by atoms with Crippen molar-refractivity contribution in [2.45, 2.75) is 50.0 Å². The molecule has 0 radical (unpaired) electrons. The van der Waals surface area contributed by atoms with Crippen LogP contribution in [0.5, 0.6) is 0 Å². The van der Waals surface area contributed by atoms with E-state index in [1.165, 1.54) is 24.3 Å². The first-order chi connectivity index (χ1) is 5.72. The van der Waals surface area contributed by atoms with Gasteiger partial charge in [-0.25, -0.2) is 0 Å². The van der Waals surface area contributed by atoms with Gasteiger partial charge in [-0.1, -0.05) is 31.5 Å². The van der Waals surface area contributed by atoms with Crippen LogP contribution >= 0.6 is 23.5 Å². The van der Waals surface area contributed by atoms with E-state index in [1.54, 1.807) is 0 Å². The van der Waals surface area contributed by atoms with Crippen molar-refractivity contribution in [1.82, 2.24) is 0 Å². The molecular weight excluding hydrogens is 186 g/mol. The van der Waals surface area contributed by atoms with Crippen molar-refractivity contribution < 1.29 is 0 Å². The lowest BCUT2D eigenvalue weighted by Gasteiger charge is -2.23. The molecule has 1 nitrogen and oxygen atoms in total. The maximum absolute atomic E-state index is 4.48. The van der Waals surface area contributed by atoms with Gasteiger partial charge in [0.15, 0.2) is 0 Å². The smallest absolute Gasteiger partial charge is 0.0943 e. The first-order valence-electron chi connectivity index (χ1n) is 4.59. The molecule has 0 saturated heterocycles. The SMILES string of the molecule is CCCCC1SC(C)=NC(C)S1. The van der Waals surface area contributed by atoms with Crippen LogP contribution in [-0.2, 0) is 0 Å². The average Bonchev–Trinajstić information content (AvgIpc) is 1.99. The second-order valence-electron chi connectivity index (χ2n) is 3.07. The minimum Gasteiger partial charge on any atom is -0.269 e. The summed E-state index contributed by atoms with van der Waals surface area (Å²) in [5, 5.41) is 1.75. The summed E-state index contributed by atoms with van der Waals surface area (Å²) < 4.78 is 0.762. The van der Waals surface area contributed by atoms with E-state index in [2.05, 4.69) is 25.8 Å². The van der Waals surface area contributed by atoms with Gasteiger partial charge in [0.05, 0.1) is 15.0 Å². The Morgan fingerprint density at radius 1 is 1.50 bits per heavy atom. The monoisotopic (exact) mass is 203 g/mol. The van der Waals surface area contributed by atoms with Gasteiger partial charge in [-0.2, -0.15) is 0 Å².